The number of hydrogen-bond donors (Lipinski definition) is 0. The molecule has 8 heteroatoms. The zero-order chi connectivity index (χ0) is 24.6. The van der Waals surface area contributed by atoms with Gasteiger partial charge in [-0.2, -0.15) is 0 Å². The summed E-state index contributed by atoms with van der Waals surface area (Å²) in [4.78, 5) is 16.1. The van der Waals surface area contributed by atoms with E-state index in [1.54, 1.807) is 23.1 Å². The first-order valence-electron chi connectivity index (χ1n) is 12.3. The predicted molar refractivity (Wildman–Crippen MR) is 146 cm³/mol. The number of aromatic nitrogens is 4. The van der Waals surface area contributed by atoms with Crippen molar-refractivity contribution in [3.05, 3.63) is 92.6 Å². The third-order valence-corrected chi connectivity index (χ3v) is 9.04. The molecule has 0 N–H and O–H groups in total. The highest BCUT2D eigenvalue weighted by molar-refractivity contribution is 7.98. The summed E-state index contributed by atoms with van der Waals surface area (Å²) in [5, 5.41) is 10.7. The van der Waals surface area contributed by atoms with Crippen molar-refractivity contribution in [3.63, 3.8) is 0 Å². The van der Waals surface area contributed by atoms with E-state index in [1.807, 2.05) is 28.8 Å². The highest BCUT2D eigenvalue weighted by Gasteiger charge is 2.29. The van der Waals surface area contributed by atoms with Gasteiger partial charge in [0, 0.05) is 23.6 Å². The SMILES string of the molecule is CC(C)[C@H]1Cc2c(sc3c2c(=O)n(CCc2ccccc2)c2nnc(SCc4ccccc4)n32)CO1. The largest absolute Gasteiger partial charge is 0.372 e. The van der Waals surface area contributed by atoms with Crippen molar-refractivity contribution >= 4 is 39.1 Å². The van der Waals surface area contributed by atoms with E-state index >= 15 is 0 Å². The van der Waals surface area contributed by atoms with Crippen molar-refractivity contribution in [2.24, 2.45) is 5.92 Å². The van der Waals surface area contributed by atoms with Gasteiger partial charge in [-0.05, 0) is 29.0 Å². The zero-order valence-electron chi connectivity index (χ0n) is 20.4. The highest BCUT2D eigenvalue weighted by atomic mass is 32.2. The van der Waals surface area contributed by atoms with E-state index in [1.165, 1.54) is 11.1 Å². The number of nitrogens with zero attached hydrogens (tertiary/aromatic N) is 4. The molecule has 4 heterocycles. The number of benzene rings is 2. The summed E-state index contributed by atoms with van der Waals surface area (Å²) in [6.45, 7) is 5.47. The van der Waals surface area contributed by atoms with Crippen LogP contribution in [0.3, 0.4) is 0 Å². The molecule has 6 nitrogen and oxygen atoms in total. The molecule has 0 radical (unpaired) electrons. The van der Waals surface area contributed by atoms with Crippen LogP contribution in [0.5, 0.6) is 0 Å². The van der Waals surface area contributed by atoms with Crippen molar-refractivity contribution in [1.82, 2.24) is 19.2 Å². The topological polar surface area (TPSA) is 61.4 Å². The second-order valence-corrected chi connectivity index (χ2v) is 11.6. The Labute approximate surface area is 217 Å². The molecule has 2 aromatic carbocycles. The summed E-state index contributed by atoms with van der Waals surface area (Å²) < 4.78 is 10.1. The normalized spacial score (nSPS) is 15.7. The molecular formula is C28H28N4O2S2. The Morgan fingerprint density at radius 2 is 1.78 bits per heavy atom. The predicted octanol–water partition coefficient (Wildman–Crippen LogP) is 5.74. The lowest BCUT2D eigenvalue weighted by Gasteiger charge is -2.26. The monoisotopic (exact) mass is 516 g/mol. The number of thioether (sulfide) groups is 1. The van der Waals surface area contributed by atoms with Crippen LogP contribution < -0.4 is 5.56 Å². The lowest BCUT2D eigenvalue weighted by Crippen LogP contribution is -2.29. The minimum atomic E-state index is 0.0300. The van der Waals surface area contributed by atoms with Gasteiger partial charge in [-0.15, -0.1) is 21.5 Å². The minimum absolute atomic E-state index is 0.0300. The van der Waals surface area contributed by atoms with Gasteiger partial charge in [0.15, 0.2) is 5.16 Å². The van der Waals surface area contributed by atoms with Gasteiger partial charge in [-0.1, -0.05) is 86.3 Å². The van der Waals surface area contributed by atoms with E-state index in [2.05, 4.69) is 64.8 Å². The summed E-state index contributed by atoms with van der Waals surface area (Å²) >= 11 is 3.31. The molecule has 1 aliphatic heterocycles. The molecule has 0 saturated carbocycles. The molecule has 0 saturated heterocycles. The quantitative estimate of drug-likeness (QED) is 0.258. The van der Waals surface area contributed by atoms with Crippen molar-refractivity contribution < 1.29 is 4.74 Å². The third-order valence-electron chi connectivity index (χ3n) is 6.85. The first-order valence-corrected chi connectivity index (χ1v) is 14.1. The Morgan fingerprint density at radius 1 is 1.06 bits per heavy atom. The van der Waals surface area contributed by atoms with Crippen LogP contribution in [0.15, 0.2) is 70.6 Å². The molecule has 6 rings (SSSR count). The summed E-state index contributed by atoms with van der Waals surface area (Å²) in [7, 11) is 0. The Morgan fingerprint density at radius 3 is 2.50 bits per heavy atom. The van der Waals surface area contributed by atoms with E-state index < -0.39 is 0 Å². The van der Waals surface area contributed by atoms with E-state index in [9.17, 15) is 4.79 Å². The molecule has 0 spiro atoms. The minimum Gasteiger partial charge on any atom is -0.372 e. The average Bonchev–Trinajstić information content (AvgIpc) is 3.50. The molecule has 3 aromatic heterocycles. The third kappa shape index (κ3) is 4.27. The molecule has 1 aliphatic rings. The van der Waals surface area contributed by atoms with Gasteiger partial charge in [-0.3, -0.25) is 9.36 Å². The van der Waals surface area contributed by atoms with E-state index in [4.69, 9.17) is 4.74 Å². The number of hydrogen-bond acceptors (Lipinski definition) is 6. The fourth-order valence-corrected chi connectivity index (χ4v) is 7.01. The maximum atomic E-state index is 14.0. The number of aryl methyl sites for hydroxylation is 2. The van der Waals surface area contributed by atoms with Gasteiger partial charge in [0.05, 0.1) is 18.1 Å². The molecule has 184 valence electrons. The van der Waals surface area contributed by atoms with Gasteiger partial charge in [-0.25, -0.2) is 4.40 Å². The van der Waals surface area contributed by atoms with Gasteiger partial charge < -0.3 is 4.74 Å². The van der Waals surface area contributed by atoms with Crippen LogP contribution in [0.2, 0.25) is 0 Å². The maximum absolute atomic E-state index is 14.0. The fraction of sp³-hybridized carbons (Fsp3) is 0.321. The molecule has 1 atom stereocenters. The average molecular weight is 517 g/mol. The Balaban J connectivity index is 1.49. The number of rotatable bonds is 7. The van der Waals surface area contributed by atoms with E-state index in [-0.39, 0.29) is 11.7 Å². The number of ether oxygens (including phenoxy) is 1. The number of thiophene rings is 1. The second kappa shape index (κ2) is 9.84. The molecule has 0 unspecified atom stereocenters. The molecule has 36 heavy (non-hydrogen) atoms. The van der Waals surface area contributed by atoms with Gasteiger partial charge in [0.1, 0.15) is 4.83 Å². The molecular weight excluding hydrogens is 488 g/mol. The van der Waals surface area contributed by atoms with Crippen LogP contribution in [0.1, 0.15) is 35.4 Å². The van der Waals surface area contributed by atoms with Crippen LogP contribution in [-0.4, -0.2) is 25.3 Å². The van der Waals surface area contributed by atoms with Gasteiger partial charge >= 0.3 is 0 Å². The smallest absolute Gasteiger partial charge is 0.263 e. The molecule has 5 aromatic rings. The van der Waals surface area contributed by atoms with Crippen LogP contribution in [-0.2, 0) is 36.5 Å². The standard InChI is InChI=1S/C28H28N4O2S2/c1-18(2)22-15-21-23(16-34-22)36-26-24(21)25(33)31(14-13-19-9-5-3-6-10-19)27-29-30-28(32(26)27)35-17-20-11-7-4-8-12-20/h3-12,18,22H,13-17H2,1-2H3/t22-/m1/s1. The van der Waals surface area contributed by atoms with Crippen molar-refractivity contribution in [3.8, 4) is 0 Å². The van der Waals surface area contributed by atoms with Crippen molar-refractivity contribution in [2.45, 2.75) is 56.9 Å². The maximum Gasteiger partial charge on any atom is 0.263 e. The molecule has 0 amide bonds. The summed E-state index contributed by atoms with van der Waals surface area (Å²) in [6.07, 6.45) is 1.64. The van der Waals surface area contributed by atoms with E-state index in [0.717, 1.165) is 44.4 Å². The van der Waals surface area contributed by atoms with Gasteiger partial charge in [0.2, 0.25) is 5.78 Å². The van der Waals surface area contributed by atoms with Crippen molar-refractivity contribution in [1.29, 1.82) is 0 Å². The lowest BCUT2D eigenvalue weighted by atomic mass is 9.96. The van der Waals surface area contributed by atoms with Crippen molar-refractivity contribution in [2.75, 3.05) is 0 Å². The Hall–Kier alpha value is -2.94. The first kappa shape index (κ1) is 23.5. The highest BCUT2D eigenvalue weighted by Crippen LogP contribution is 2.37. The second-order valence-electron chi connectivity index (χ2n) is 9.57. The lowest BCUT2D eigenvalue weighted by molar-refractivity contribution is 0.00200. The van der Waals surface area contributed by atoms with Crippen LogP contribution in [0, 0.1) is 5.92 Å². The van der Waals surface area contributed by atoms with Crippen LogP contribution in [0.25, 0.3) is 16.0 Å². The van der Waals surface area contributed by atoms with Crippen LogP contribution >= 0.6 is 23.1 Å². The summed E-state index contributed by atoms with van der Waals surface area (Å²) in [5.41, 5.74) is 3.60. The van der Waals surface area contributed by atoms with E-state index in [0.29, 0.717) is 24.8 Å². The Kier molecular flexibility index (Phi) is 6.41. The zero-order valence-corrected chi connectivity index (χ0v) is 22.0. The molecule has 0 fully saturated rings. The summed E-state index contributed by atoms with van der Waals surface area (Å²) in [5.74, 6) is 1.79. The summed E-state index contributed by atoms with van der Waals surface area (Å²) in [6, 6.07) is 20.7. The number of fused-ring (bicyclic) bond motifs is 5. The van der Waals surface area contributed by atoms with Crippen LogP contribution in [0.4, 0.5) is 0 Å². The Bertz CT molecular complexity index is 1570. The molecule has 0 aliphatic carbocycles. The van der Waals surface area contributed by atoms with Gasteiger partial charge in [0.25, 0.3) is 5.56 Å². The fourth-order valence-electron chi connectivity index (χ4n) is 4.82. The first-order chi connectivity index (χ1) is 17.6. The molecule has 0 bridgehead atoms.